The zero-order valence-electron chi connectivity index (χ0n) is 20.9. The standard InChI is InChI=1S/C27H34F3N3O2/c1-16(2)21-12-6-17(3)14-24(21)33-23-13-7-18(26(4,5)34)15-22(23)32-25(33)31-19-8-10-20(11-9-19)35-27(28,29)30/h7-11,13,15-17,21,24,34H,6,12,14H2,1-5H3,(H,31,32)/t17-,21-,24-/m1/s1. The molecule has 2 N–H and O–H groups in total. The third-order valence-corrected chi connectivity index (χ3v) is 7.06. The van der Waals surface area contributed by atoms with E-state index in [1.54, 1.807) is 26.0 Å². The van der Waals surface area contributed by atoms with Crippen LogP contribution in [-0.4, -0.2) is 21.0 Å². The van der Waals surface area contributed by atoms with Gasteiger partial charge in [-0.1, -0.05) is 33.3 Å². The number of alkyl halides is 3. The summed E-state index contributed by atoms with van der Waals surface area (Å²) in [5.74, 6) is 1.91. The molecule has 1 aliphatic rings. The Morgan fingerprint density at radius 1 is 1.09 bits per heavy atom. The van der Waals surface area contributed by atoms with Gasteiger partial charge < -0.3 is 19.7 Å². The number of hydrogen-bond acceptors (Lipinski definition) is 4. The van der Waals surface area contributed by atoms with Crippen LogP contribution in [0.4, 0.5) is 24.8 Å². The van der Waals surface area contributed by atoms with Crippen LogP contribution in [0.5, 0.6) is 5.75 Å². The van der Waals surface area contributed by atoms with Crippen molar-refractivity contribution < 1.29 is 23.0 Å². The average Bonchev–Trinajstić information content (AvgIpc) is 3.10. The predicted octanol–water partition coefficient (Wildman–Crippen LogP) is 7.54. The lowest BCUT2D eigenvalue weighted by Gasteiger charge is -2.39. The summed E-state index contributed by atoms with van der Waals surface area (Å²) in [4.78, 5) is 4.89. The summed E-state index contributed by atoms with van der Waals surface area (Å²) in [6.07, 6.45) is -1.38. The van der Waals surface area contributed by atoms with Gasteiger partial charge >= 0.3 is 6.36 Å². The van der Waals surface area contributed by atoms with Crippen LogP contribution in [0.1, 0.15) is 65.5 Å². The van der Waals surface area contributed by atoms with Gasteiger partial charge in [-0.15, -0.1) is 13.2 Å². The molecular formula is C27H34F3N3O2. The number of nitrogens with zero attached hydrogens (tertiary/aromatic N) is 2. The number of anilines is 2. The molecule has 0 unspecified atom stereocenters. The molecule has 35 heavy (non-hydrogen) atoms. The monoisotopic (exact) mass is 489 g/mol. The second-order valence-corrected chi connectivity index (χ2v) is 10.7. The lowest BCUT2D eigenvalue weighted by Crippen LogP contribution is -2.30. The van der Waals surface area contributed by atoms with E-state index in [0.717, 1.165) is 29.4 Å². The van der Waals surface area contributed by atoms with Gasteiger partial charge in [0.2, 0.25) is 5.95 Å². The Bertz CT molecular complexity index is 1160. The van der Waals surface area contributed by atoms with E-state index in [0.29, 0.717) is 29.4 Å². The third kappa shape index (κ3) is 5.74. The van der Waals surface area contributed by atoms with Crippen LogP contribution < -0.4 is 10.1 Å². The molecule has 1 aliphatic carbocycles. The minimum atomic E-state index is -4.73. The molecule has 0 amide bonds. The van der Waals surface area contributed by atoms with E-state index in [9.17, 15) is 18.3 Å². The fourth-order valence-electron chi connectivity index (χ4n) is 5.22. The molecule has 3 aromatic rings. The number of aromatic nitrogens is 2. The van der Waals surface area contributed by atoms with Crippen LogP contribution in [0.25, 0.3) is 11.0 Å². The van der Waals surface area contributed by atoms with Crippen molar-refractivity contribution in [2.75, 3.05) is 5.32 Å². The molecule has 2 aromatic carbocycles. The molecular weight excluding hydrogens is 455 g/mol. The van der Waals surface area contributed by atoms with Gasteiger partial charge in [0.25, 0.3) is 0 Å². The first-order valence-electron chi connectivity index (χ1n) is 12.2. The first-order chi connectivity index (χ1) is 16.3. The normalized spacial score (nSPS) is 21.5. The molecule has 4 rings (SSSR count). The highest BCUT2D eigenvalue weighted by Crippen LogP contribution is 2.44. The summed E-state index contributed by atoms with van der Waals surface area (Å²) in [7, 11) is 0. The smallest absolute Gasteiger partial charge is 0.406 e. The van der Waals surface area contributed by atoms with E-state index in [4.69, 9.17) is 4.98 Å². The Labute approximate surface area is 204 Å². The topological polar surface area (TPSA) is 59.3 Å². The molecule has 1 aromatic heterocycles. The molecule has 8 heteroatoms. The summed E-state index contributed by atoms with van der Waals surface area (Å²) in [6, 6.07) is 11.8. The molecule has 0 aliphatic heterocycles. The first kappa shape index (κ1) is 25.4. The third-order valence-electron chi connectivity index (χ3n) is 7.06. The maximum absolute atomic E-state index is 12.5. The van der Waals surface area contributed by atoms with E-state index in [-0.39, 0.29) is 11.8 Å². The van der Waals surface area contributed by atoms with Gasteiger partial charge in [0.1, 0.15) is 5.75 Å². The Balaban J connectivity index is 1.77. The van der Waals surface area contributed by atoms with Gasteiger partial charge in [-0.25, -0.2) is 4.98 Å². The highest BCUT2D eigenvalue weighted by Gasteiger charge is 2.35. The number of benzene rings is 2. The Kier molecular flexibility index (Phi) is 6.79. The minimum Gasteiger partial charge on any atom is -0.406 e. The van der Waals surface area contributed by atoms with E-state index in [2.05, 4.69) is 35.4 Å². The van der Waals surface area contributed by atoms with Gasteiger partial charge in [-0.05, 0) is 86.4 Å². The van der Waals surface area contributed by atoms with Crippen LogP contribution >= 0.6 is 0 Å². The van der Waals surface area contributed by atoms with Crippen molar-refractivity contribution >= 4 is 22.7 Å². The second-order valence-electron chi connectivity index (χ2n) is 10.7. The summed E-state index contributed by atoms with van der Waals surface area (Å²) in [6.45, 7) is 10.3. The number of rotatable bonds is 6. The van der Waals surface area contributed by atoms with Gasteiger partial charge in [0, 0.05) is 11.7 Å². The summed E-state index contributed by atoms with van der Waals surface area (Å²) < 4.78 is 43.9. The van der Waals surface area contributed by atoms with Crippen molar-refractivity contribution in [2.24, 2.45) is 17.8 Å². The fraction of sp³-hybridized carbons (Fsp3) is 0.519. The highest BCUT2D eigenvalue weighted by molar-refractivity contribution is 5.81. The predicted molar refractivity (Wildman–Crippen MR) is 132 cm³/mol. The van der Waals surface area contributed by atoms with Crippen LogP contribution in [0.2, 0.25) is 0 Å². The molecule has 0 saturated heterocycles. The van der Waals surface area contributed by atoms with Crippen molar-refractivity contribution in [3.8, 4) is 5.75 Å². The van der Waals surface area contributed by atoms with Crippen LogP contribution in [0.3, 0.4) is 0 Å². The van der Waals surface area contributed by atoms with E-state index >= 15 is 0 Å². The van der Waals surface area contributed by atoms with E-state index in [1.807, 2.05) is 18.2 Å². The van der Waals surface area contributed by atoms with Crippen molar-refractivity contribution in [2.45, 2.75) is 71.9 Å². The summed E-state index contributed by atoms with van der Waals surface area (Å²) >= 11 is 0. The zero-order valence-corrected chi connectivity index (χ0v) is 20.9. The zero-order chi connectivity index (χ0) is 25.5. The van der Waals surface area contributed by atoms with Crippen LogP contribution in [0.15, 0.2) is 42.5 Å². The Morgan fingerprint density at radius 2 is 1.77 bits per heavy atom. The second kappa shape index (κ2) is 9.37. The maximum atomic E-state index is 12.5. The number of ether oxygens (including phenoxy) is 1. The van der Waals surface area contributed by atoms with Gasteiger partial charge in [0.15, 0.2) is 0 Å². The maximum Gasteiger partial charge on any atom is 0.573 e. The minimum absolute atomic E-state index is 0.229. The number of halogens is 3. The number of imidazole rings is 1. The van der Waals surface area contributed by atoms with Gasteiger partial charge in [-0.3, -0.25) is 0 Å². The van der Waals surface area contributed by atoms with Gasteiger partial charge in [-0.2, -0.15) is 0 Å². The highest BCUT2D eigenvalue weighted by atomic mass is 19.4. The quantitative estimate of drug-likeness (QED) is 0.376. The molecule has 3 atom stereocenters. The Hall–Kier alpha value is -2.74. The lowest BCUT2D eigenvalue weighted by molar-refractivity contribution is -0.274. The van der Waals surface area contributed by atoms with Crippen molar-refractivity contribution in [3.63, 3.8) is 0 Å². The first-order valence-corrected chi connectivity index (χ1v) is 12.2. The SMILES string of the molecule is CC(C)[C@H]1CC[C@@H](C)C[C@H]1n1c(Nc2ccc(OC(F)(F)F)cc2)nc2cc(C(C)(C)O)ccc21. The van der Waals surface area contributed by atoms with E-state index in [1.165, 1.54) is 18.6 Å². The van der Waals surface area contributed by atoms with Crippen molar-refractivity contribution in [1.29, 1.82) is 0 Å². The Morgan fingerprint density at radius 3 is 2.37 bits per heavy atom. The van der Waals surface area contributed by atoms with Crippen molar-refractivity contribution in [1.82, 2.24) is 9.55 Å². The largest absolute Gasteiger partial charge is 0.573 e. The molecule has 0 bridgehead atoms. The number of nitrogens with one attached hydrogen (secondary N) is 1. The lowest BCUT2D eigenvalue weighted by atomic mass is 9.74. The van der Waals surface area contributed by atoms with Crippen molar-refractivity contribution in [3.05, 3.63) is 48.0 Å². The fourth-order valence-corrected chi connectivity index (χ4v) is 5.22. The molecule has 1 heterocycles. The molecule has 5 nitrogen and oxygen atoms in total. The molecule has 190 valence electrons. The summed E-state index contributed by atoms with van der Waals surface area (Å²) in [5, 5.41) is 13.9. The average molecular weight is 490 g/mol. The number of aliphatic hydroxyl groups is 1. The molecule has 1 saturated carbocycles. The van der Waals surface area contributed by atoms with Gasteiger partial charge in [0.05, 0.1) is 16.6 Å². The summed E-state index contributed by atoms with van der Waals surface area (Å²) in [5.41, 5.74) is 2.13. The number of hydrogen-bond donors (Lipinski definition) is 2. The molecule has 1 fully saturated rings. The molecule has 0 spiro atoms. The van der Waals surface area contributed by atoms with Crippen LogP contribution in [-0.2, 0) is 5.60 Å². The molecule has 0 radical (unpaired) electrons. The van der Waals surface area contributed by atoms with Crippen LogP contribution in [0, 0.1) is 17.8 Å². The van der Waals surface area contributed by atoms with E-state index < -0.39 is 12.0 Å². The number of fused-ring (bicyclic) bond motifs is 1.